The van der Waals surface area contributed by atoms with E-state index in [9.17, 15) is 18.0 Å². The molecule has 1 amide bonds. The van der Waals surface area contributed by atoms with Gasteiger partial charge in [-0.1, -0.05) is 11.6 Å². The molecule has 3 rings (SSSR count). The molecular weight excluding hydrogens is 420 g/mol. The number of carbonyl (C=O) groups is 2. The van der Waals surface area contributed by atoms with Gasteiger partial charge in [0.05, 0.1) is 23.5 Å². The van der Waals surface area contributed by atoms with Crippen LogP contribution in [-0.4, -0.2) is 75.0 Å². The SMILES string of the molecule is CC1CN(C(=O)COC(=O)C2CCCN(S(=O)(=O)c3ccc(Cl)cc3)C2)CCO1. The Hall–Kier alpha value is -1.68. The van der Waals surface area contributed by atoms with Crippen LogP contribution < -0.4 is 0 Å². The zero-order chi connectivity index (χ0) is 21.0. The van der Waals surface area contributed by atoms with E-state index in [4.69, 9.17) is 21.1 Å². The minimum absolute atomic E-state index is 0.0343. The van der Waals surface area contributed by atoms with Gasteiger partial charge in [0.15, 0.2) is 6.61 Å². The zero-order valence-corrected chi connectivity index (χ0v) is 17.8. The molecule has 2 unspecified atom stereocenters. The summed E-state index contributed by atoms with van der Waals surface area (Å²) in [5.41, 5.74) is 0. The summed E-state index contributed by atoms with van der Waals surface area (Å²) in [6.45, 7) is 3.30. The average molecular weight is 445 g/mol. The highest BCUT2D eigenvalue weighted by Crippen LogP contribution is 2.25. The number of hydrogen-bond donors (Lipinski definition) is 0. The van der Waals surface area contributed by atoms with Crippen LogP contribution in [-0.2, 0) is 29.1 Å². The molecule has 0 N–H and O–H groups in total. The van der Waals surface area contributed by atoms with Crippen molar-refractivity contribution in [2.24, 2.45) is 5.92 Å². The van der Waals surface area contributed by atoms with Crippen molar-refractivity contribution in [3.63, 3.8) is 0 Å². The van der Waals surface area contributed by atoms with Crippen LogP contribution in [0.15, 0.2) is 29.2 Å². The number of hydrogen-bond acceptors (Lipinski definition) is 6. The smallest absolute Gasteiger partial charge is 0.310 e. The minimum Gasteiger partial charge on any atom is -0.455 e. The molecule has 0 aliphatic carbocycles. The van der Waals surface area contributed by atoms with Crippen LogP contribution in [0, 0.1) is 5.92 Å². The fourth-order valence-electron chi connectivity index (χ4n) is 3.50. The number of rotatable bonds is 5. The summed E-state index contributed by atoms with van der Waals surface area (Å²) in [5, 5.41) is 0.448. The van der Waals surface area contributed by atoms with E-state index >= 15 is 0 Å². The third kappa shape index (κ3) is 5.48. The Morgan fingerprint density at radius 2 is 1.93 bits per heavy atom. The van der Waals surface area contributed by atoms with E-state index in [1.54, 1.807) is 4.90 Å². The molecule has 0 spiro atoms. The number of nitrogens with zero attached hydrogens (tertiary/aromatic N) is 2. The molecule has 0 saturated carbocycles. The number of amides is 1. The van der Waals surface area contributed by atoms with Crippen LogP contribution in [0.1, 0.15) is 19.8 Å². The molecule has 2 aliphatic rings. The molecule has 1 aromatic carbocycles. The lowest BCUT2D eigenvalue weighted by Crippen LogP contribution is -2.47. The van der Waals surface area contributed by atoms with Crippen LogP contribution in [0.3, 0.4) is 0 Å². The normalized spacial score (nSPS) is 23.6. The molecule has 1 aromatic rings. The Morgan fingerprint density at radius 1 is 1.21 bits per heavy atom. The predicted octanol–water partition coefficient (Wildman–Crippen LogP) is 1.53. The summed E-state index contributed by atoms with van der Waals surface area (Å²) in [6.07, 6.45) is 1.02. The van der Waals surface area contributed by atoms with Crippen LogP contribution in [0.5, 0.6) is 0 Å². The molecule has 0 aromatic heterocycles. The van der Waals surface area contributed by atoms with Gasteiger partial charge in [-0.25, -0.2) is 8.42 Å². The second kappa shape index (κ2) is 9.42. The van der Waals surface area contributed by atoms with Gasteiger partial charge in [0.2, 0.25) is 10.0 Å². The lowest BCUT2D eigenvalue weighted by Gasteiger charge is -2.32. The summed E-state index contributed by atoms with van der Waals surface area (Å²) in [6, 6.07) is 5.92. The Bertz CT molecular complexity index is 845. The number of morpholine rings is 1. The summed E-state index contributed by atoms with van der Waals surface area (Å²) < 4.78 is 37.5. The maximum absolute atomic E-state index is 12.8. The second-order valence-corrected chi connectivity index (χ2v) is 9.66. The fraction of sp³-hybridized carbons (Fsp3) is 0.579. The van der Waals surface area contributed by atoms with Crippen molar-refractivity contribution in [2.45, 2.75) is 30.8 Å². The highest BCUT2D eigenvalue weighted by Gasteiger charge is 2.34. The van der Waals surface area contributed by atoms with Gasteiger partial charge in [-0.3, -0.25) is 9.59 Å². The van der Waals surface area contributed by atoms with Crippen LogP contribution in [0.4, 0.5) is 0 Å². The Balaban J connectivity index is 1.56. The largest absolute Gasteiger partial charge is 0.455 e. The van der Waals surface area contributed by atoms with Crippen LogP contribution in [0.25, 0.3) is 0 Å². The predicted molar refractivity (Wildman–Crippen MR) is 106 cm³/mol. The van der Waals surface area contributed by atoms with E-state index < -0.39 is 21.9 Å². The quantitative estimate of drug-likeness (QED) is 0.639. The fourth-order valence-corrected chi connectivity index (χ4v) is 5.15. The second-order valence-electron chi connectivity index (χ2n) is 7.28. The van der Waals surface area contributed by atoms with Gasteiger partial charge in [-0.05, 0) is 44.0 Å². The van der Waals surface area contributed by atoms with Gasteiger partial charge in [0.1, 0.15) is 0 Å². The third-order valence-corrected chi connectivity index (χ3v) is 7.23. The van der Waals surface area contributed by atoms with E-state index in [0.717, 1.165) is 0 Å². The molecule has 0 bridgehead atoms. The first kappa shape index (κ1) is 22.0. The molecule has 29 heavy (non-hydrogen) atoms. The van der Waals surface area contributed by atoms with Gasteiger partial charge in [0, 0.05) is 31.2 Å². The lowest BCUT2D eigenvalue weighted by atomic mass is 10.00. The summed E-state index contributed by atoms with van der Waals surface area (Å²) in [4.78, 5) is 26.4. The molecule has 2 aliphatic heterocycles. The highest BCUT2D eigenvalue weighted by molar-refractivity contribution is 7.89. The van der Waals surface area contributed by atoms with E-state index in [0.29, 0.717) is 44.1 Å². The minimum atomic E-state index is -3.72. The molecular formula is C19H25ClN2O6S. The van der Waals surface area contributed by atoms with Crippen molar-refractivity contribution in [2.75, 3.05) is 39.4 Å². The highest BCUT2D eigenvalue weighted by atomic mass is 35.5. The Kier molecular flexibility index (Phi) is 7.15. The number of benzene rings is 1. The molecule has 160 valence electrons. The number of sulfonamides is 1. The Labute approximate surface area is 175 Å². The van der Waals surface area contributed by atoms with Crippen molar-refractivity contribution in [3.05, 3.63) is 29.3 Å². The lowest BCUT2D eigenvalue weighted by molar-refractivity contribution is -0.158. The summed E-state index contributed by atoms with van der Waals surface area (Å²) in [7, 11) is -3.72. The summed E-state index contributed by atoms with van der Waals surface area (Å²) in [5.74, 6) is -1.41. The first-order valence-electron chi connectivity index (χ1n) is 9.59. The van der Waals surface area contributed by atoms with Crippen molar-refractivity contribution in [1.29, 1.82) is 0 Å². The molecule has 10 heteroatoms. The van der Waals surface area contributed by atoms with E-state index in [1.807, 2.05) is 6.92 Å². The number of carbonyl (C=O) groups excluding carboxylic acids is 2. The molecule has 2 saturated heterocycles. The molecule has 8 nitrogen and oxygen atoms in total. The van der Waals surface area contributed by atoms with Gasteiger partial charge in [-0.15, -0.1) is 0 Å². The number of piperidine rings is 1. The topological polar surface area (TPSA) is 93.2 Å². The summed E-state index contributed by atoms with van der Waals surface area (Å²) >= 11 is 5.83. The van der Waals surface area contributed by atoms with Crippen molar-refractivity contribution in [1.82, 2.24) is 9.21 Å². The van der Waals surface area contributed by atoms with Crippen molar-refractivity contribution < 1.29 is 27.5 Å². The zero-order valence-electron chi connectivity index (χ0n) is 16.3. The molecule has 0 radical (unpaired) electrons. The van der Waals surface area contributed by atoms with Gasteiger partial charge in [-0.2, -0.15) is 4.31 Å². The van der Waals surface area contributed by atoms with E-state index in [2.05, 4.69) is 0 Å². The van der Waals surface area contributed by atoms with Crippen molar-refractivity contribution >= 4 is 33.5 Å². The van der Waals surface area contributed by atoms with Crippen molar-refractivity contribution in [3.8, 4) is 0 Å². The van der Waals surface area contributed by atoms with Gasteiger partial charge >= 0.3 is 5.97 Å². The van der Waals surface area contributed by atoms with E-state index in [1.165, 1.54) is 28.6 Å². The average Bonchev–Trinajstić information content (AvgIpc) is 2.72. The first-order chi connectivity index (χ1) is 13.8. The molecule has 2 heterocycles. The molecule has 2 fully saturated rings. The maximum atomic E-state index is 12.8. The number of ether oxygens (including phenoxy) is 2. The van der Waals surface area contributed by atoms with Gasteiger partial charge in [0.25, 0.3) is 5.91 Å². The first-order valence-corrected chi connectivity index (χ1v) is 11.4. The Morgan fingerprint density at radius 3 is 2.62 bits per heavy atom. The van der Waals surface area contributed by atoms with Gasteiger partial charge < -0.3 is 14.4 Å². The van der Waals surface area contributed by atoms with E-state index in [-0.39, 0.29) is 30.1 Å². The standard InChI is InChI=1S/C19H25ClN2O6S/c1-14-11-21(9-10-27-14)18(23)13-28-19(24)15-3-2-8-22(12-15)29(25,26)17-6-4-16(20)5-7-17/h4-7,14-15H,2-3,8-13H2,1H3. The maximum Gasteiger partial charge on any atom is 0.310 e. The van der Waals surface area contributed by atoms with Crippen LogP contribution in [0.2, 0.25) is 5.02 Å². The monoisotopic (exact) mass is 444 g/mol. The third-order valence-electron chi connectivity index (χ3n) is 5.10. The van der Waals surface area contributed by atoms with Crippen LogP contribution >= 0.6 is 11.6 Å². The number of halogens is 1. The molecule has 2 atom stereocenters. The number of esters is 1.